The number of aliphatic hydroxyl groups excluding tert-OH is 1. The van der Waals surface area contributed by atoms with Crippen LogP contribution in [0.2, 0.25) is 0 Å². The van der Waals surface area contributed by atoms with E-state index in [9.17, 15) is 5.11 Å². The van der Waals surface area contributed by atoms with Gasteiger partial charge in [0.25, 0.3) is 0 Å². The van der Waals surface area contributed by atoms with Crippen LogP contribution in [0.4, 0.5) is 0 Å². The van der Waals surface area contributed by atoms with Crippen molar-refractivity contribution in [2.24, 2.45) is 0 Å². The van der Waals surface area contributed by atoms with E-state index >= 15 is 0 Å². The lowest BCUT2D eigenvalue weighted by atomic mass is 10.1. The van der Waals surface area contributed by atoms with Gasteiger partial charge in [-0.15, -0.1) is 0 Å². The smallest absolute Gasteiger partial charge is 0.0991 e. The van der Waals surface area contributed by atoms with Crippen LogP contribution in [0.5, 0.6) is 0 Å². The molecule has 1 aliphatic rings. The fraction of sp³-hybridized carbons (Fsp3) is 0.375. The second kappa shape index (κ2) is 6.08. The topological polar surface area (TPSA) is 65.1 Å². The molecule has 1 aromatic heterocycles. The Morgan fingerprint density at radius 3 is 2.57 bits per heavy atom. The lowest BCUT2D eigenvalue weighted by molar-refractivity contribution is 0.0786. The molecule has 108 valence electrons. The summed E-state index contributed by atoms with van der Waals surface area (Å²) < 4.78 is 1.83. The molecule has 0 spiro atoms. The van der Waals surface area contributed by atoms with Crippen LogP contribution < -0.4 is 0 Å². The van der Waals surface area contributed by atoms with Crippen LogP contribution in [0.3, 0.4) is 0 Å². The number of aliphatic hydroxyl groups is 1. The minimum absolute atomic E-state index is 0.141. The molecule has 2 aromatic rings. The molecule has 1 fully saturated rings. The quantitative estimate of drug-likeness (QED) is 0.930. The van der Waals surface area contributed by atoms with Crippen molar-refractivity contribution in [2.75, 3.05) is 13.1 Å². The molecular weight excluding hydrogens is 264 g/mol. The number of likely N-dealkylation sites (tertiary alicyclic amines) is 1. The van der Waals surface area contributed by atoms with Crippen molar-refractivity contribution in [1.29, 1.82) is 5.26 Å². The molecule has 1 saturated heterocycles. The van der Waals surface area contributed by atoms with E-state index in [0.717, 1.165) is 43.9 Å². The van der Waals surface area contributed by atoms with Crippen LogP contribution in [0.15, 0.2) is 36.5 Å². The van der Waals surface area contributed by atoms with E-state index in [1.165, 1.54) is 0 Å². The van der Waals surface area contributed by atoms with Gasteiger partial charge in [0.05, 0.1) is 29.1 Å². The molecule has 0 amide bonds. The fourth-order valence-corrected chi connectivity index (χ4v) is 2.59. The van der Waals surface area contributed by atoms with Crippen molar-refractivity contribution < 1.29 is 5.11 Å². The summed E-state index contributed by atoms with van der Waals surface area (Å²) >= 11 is 0. The number of rotatable bonds is 3. The van der Waals surface area contributed by atoms with Gasteiger partial charge in [-0.3, -0.25) is 4.90 Å². The standard InChI is InChI=1S/C16H18N4O/c17-11-13-1-3-15(4-2-13)20-10-5-14(18-20)12-19-8-6-16(21)7-9-19/h1-5,10,16,21H,6-9,12H2. The van der Waals surface area contributed by atoms with Gasteiger partial charge in [-0.2, -0.15) is 10.4 Å². The van der Waals surface area contributed by atoms with Crippen molar-refractivity contribution in [2.45, 2.75) is 25.5 Å². The van der Waals surface area contributed by atoms with Gasteiger partial charge in [0.2, 0.25) is 0 Å². The number of aromatic nitrogens is 2. The zero-order valence-corrected chi connectivity index (χ0v) is 11.8. The first-order chi connectivity index (χ1) is 10.2. The van der Waals surface area contributed by atoms with E-state index < -0.39 is 0 Å². The summed E-state index contributed by atoms with van der Waals surface area (Å²) in [5.41, 5.74) is 2.63. The van der Waals surface area contributed by atoms with Gasteiger partial charge in [-0.25, -0.2) is 4.68 Å². The van der Waals surface area contributed by atoms with Crippen molar-refractivity contribution >= 4 is 0 Å². The summed E-state index contributed by atoms with van der Waals surface area (Å²) in [7, 11) is 0. The third-order valence-corrected chi connectivity index (χ3v) is 3.85. The highest BCUT2D eigenvalue weighted by Crippen LogP contribution is 2.14. The average molecular weight is 282 g/mol. The molecule has 5 nitrogen and oxygen atoms in total. The maximum atomic E-state index is 9.52. The van der Waals surface area contributed by atoms with Crippen LogP contribution in [-0.4, -0.2) is 39.0 Å². The number of piperidine rings is 1. The predicted octanol–water partition coefficient (Wildman–Crippen LogP) is 1.70. The molecule has 1 aromatic carbocycles. The molecule has 0 atom stereocenters. The monoisotopic (exact) mass is 282 g/mol. The van der Waals surface area contributed by atoms with Crippen LogP contribution in [0.1, 0.15) is 24.1 Å². The van der Waals surface area contributed by atoms with Gasteiger partial charge in [0.15, 0.2) is 0 Å². The summed E-state index contributed by atoms with van der Waals surface area (Å²) in [5, 5.41) is 22.9. The fourth-order valence-electron chi connectivity index (χ4n) is 2.59. The largest absolute Gasteiger partial charge is 0.393 e. The molecule has 1 aliphatic heterocycles. The number of hydrogen-bond acceptors (Lipinski definition) is 4. The second-order valence-electron chi connectivity index (χ2n) is 5.42. The number of hydrogen-bond donors (Lipinski definition) is 1. The van der Waals surface area contributed by atoms with E-state index in [-0.39, 0.29) is 6.10 Å². The summed E-state index contributed by atoms with van der Waals surface area (Å²) in [6, 6.07) is 11.5. The third-order valence-electron chi connectivity index (χ3n) is 3.85. The Morgan fingerprint density at radius 2 is 1.90 bits per heavy atom. The van der Waals surface area contributed by atoms with Crippen LogP contribution in [-0.2, 0) is 6.54 Å². The van der Waals surface area contributed by atoms with Gasteiger partial charge in [0.1, 0.15) is 0 Å². The van der Waals surface area contributed by atoms with Crippen molar-refractivity contribution in [3.8, 4) is 11.8 Å². The molecule has 21 heavy (non-hydrogen) atoms. The Morgan fingerprint density at radius 1 is 1.19 bits per heavy atom. The van der Waals surface area contributed by atoms with Gasteiger partial charge in [0, 0.05) is 25.8 Å². The first-order valence-electron chi connectivity index (χ1n) is 7.20. The summed E-state index contributed by atoms with van der Waals surface area (Å²) in [6.45, 7) is 2.66. The second-order valence-corrected chi connectivity index (χ2v) is 5.42. The van der Waals surface area contributed by atoms with Gasteiger partial charge in [-0.05, 0) is 43.2 Å². The van der Waals surface area contributed by atoms with Crippen molar-refractivity contribution in [1.82, 2.24) is 14.7 Å². The maximum Gasteiger partial charge on any atom is 0.0991 e. The lowest BCUT2D eigenvalue weighted by Crippen LogP contribution is -2.35. The molecule has 0 unspecified atom stereocenters. The molecule has 1 N–H and O–H groups in total. The molecule has 0 saturated carbocycles. The van der Waals surface area contributed by atoms with Crippen LogP contribution in [0.25, 0.3) is 5.69 Å². The van der Waals surface area contributed by atoms with Crippen molar-refractivity contribution in [3.05, 3.63) is 47.8 Å². The maximum absolute atomic E-state index is 9.52. The van der Waals surface area contributed by atoms with E-state index in [0.29, 0.717) is 5.56 Å². The third kappa shape index (κ3) is 3.30. The molecule has 0 bridgehead atoms. The number of nitriles is 1. The van der Waals surface area contributed by atoms with Gasteiger partial charge < -0.3 is 5.11 Å². The predicted molar refractivity (Wildman–Crippen MR) is 78.8 cm³/mol. The highest BCUT2D eigenvalue weighted by Gasteiger charge is 2.17. The van der Waals surface area contributed by atoms with E-state index in [1.807, 2.05) is 29.1 Å². The Hall–Kier alpha value is -2.16. The Bertz CT molecular complexity index is 633. The average Bonchev–Trinajstić information content (AvgIpc) is 2.98. The van der Waals surface area contributed by atoms with Gasteiger partial charge >= 0.3 is 0 Å². The van der Waals surface area contributed by atoms with Crippen LogP contribution in [0, 0.1) is 11.3 Å². The summed E-state index contributed by atoms with van der Waals surface area (Å²) in [6.07, 6.45) is 3.49. The molecule has 3 rings (SSSR count). The molecule has 5 heteroatoms. The normalized spacial score (nSPS) is 16.8. The number of benzene rings is 1. The van der Waals surface area contributed by atoms with E-state index in [1.54, 1.807) is 12.1 Å². The van der Waals surface area contributed by atoms with Crippen molar-refractivity contribution in [3.63, 3.8) is 0 Å². The summed E-state index contributed by atoms with van der Waals surface area (Å²) in [4.78, 5) is 2.32. The molecule has 2 heterocycles. The number of nitrogens with zero attached hydrogens (tertiary/aromatic N) is 4. The van der Waals surface area contributed by atoms with Crippen LogP contribution >= 0.6 is 0 Å². The highest BCUT2D eigenvalue weighted by molar-refractivity contribution is 5.38. The highest BCUT2D eigenvalue weighted by atomic mass is 16.3. The Kier molecular flexibility index (Phi) is 4.00. The zero-order valence-electron chi connectivity index (χ0n) is 11.8. The molecular formula is C16H18N4O. The zero-order chi connectivity index (χ0) is 14.7. The van der Waals surface area contributed by atoms with Gasteiger partial charge in [-0.1, -0.05) is 0 Å². The lowest BCUT2D eigenvalue weighted by Gasteiger charge is -2.28. The minimum Gasteiger partial charge on any atom is -0.393 e. The Labute approximate surface area is 124 Å². The Balaban J connectivity index is 1.67. The first-order valence-corrected chi connectivity index (χ1v) is 7.20. The van der Waals surface area contributed by atoms with E-state index in [2.05, 4.69) is 16.1 Å². The molecule has 0 aliphatic carbocycles. The van der Waals surface area contributed by atoms with E-state index in [4.69, 9.17) is 5.26 Å². The SMILES string of the molecule is N#Cc1ccc(-n2ccc(CN3CCC(O)CC3)n2)cc1. The molecule has 0 radical (unpaired) electrons. The minimum atomic E-state index is -0.141. The summed E-state index contributed by atoms with van der Waals surface area (Å²) in [5.74, 6) is 0. The first kappa shape index (κ1) is 13.8.